The first-order valence-electron chi connectivity index (χ1n) is 9.37. The number of amides is 1. The minimum atomic E-state index is -3.70. The molecule has 1 aliphatic heterocycles. The Morgan fingerprint density at radius 2 is 1.56 bits per heavy atom. The van der Waals surface area contributed by atoms with Crippen molar-refractivity contribution >= 4 is 21.6 Å². The summed E-state index contributed by atoms with van der Waals surface area (Å²) >= 11 is 0. The van der Waals surface area contributed by atoms with Gasteiger partial charge in [0.25, 0.3) is 15.9 Å². The lowest BCUT2D eigenvalue weighted by atomic mass is 10.1. The molecular formula is C21H26N2O3S. The molecule has 1 heterocycles. The molecule has 27 heavy (non-hydrogen) atoms. The number of hydrogen-bond acceptors (Lipinski definition) is 3. The molecule has 5 nitrogen and oxygen atoms in total. The Labute approximate surface area is 161 Å². The SMILES string of the molecule is Cc1ccc(S(=O)(=O)Nc2cccc(C(=O)N3CCCCCC3)c2C)cc1. The Kier molecular flexibility index (Phi) is 5.85. The van der Waals surface area contributed by atoms with E-state index >= 15 is 0 Å². The summed E-state index contributed by atoms with van der Waals surface area (Å²) in [6, 6.07) is 11.9. The number of nitrogens with one attached hydrogen (secondary N) is 1. The molecule has 2 aromatic carbocycles. The van der Waals surface area contributed by atoms with Crippen molar-refractivity contribution in [3.63, 3.8) is 0 Å². The Bertz CT molecular complexity index is 913. The van der Waals surface area contributed by atoms with Crippen LogP contribution >= 0.6 is 0 Å². The number of nitrogens with zero attached hydrogens (tertiary/aromatic N) is 1. The van der Waals surface area contributed by atoms with Gasteiger partial charge in [-0.25, -0.2) is 8.42 Å². The zero-order valence-corrected chi connectivity index (χ0v) is 16.7. The highest BCUT2D eigenvalue weighted by Crippen LogP contribution is 2.24. The lowest BCUT2D eigenvalue weighted by molar-refractivity contribution is 0.0761. The minimum absolute atomic E-state index is 0.0224. The van der Waals surface area contributed by atoms with Crippen molar-refractivity contribution < 1.29 is 13.2 Å². The summed E-state index contributed by atoms with van der Waals surface area (Å²) in [5, 5.41) is 0. The second kappa shape index (κ2) is 8.13. The van der Waals surface area contributed by atoms with Crippen LogP contribution in [0, 0.1) is 13.8 Å². The van der Waals surface area contributed by atoms with Crippen molar-refractivity contribution in [3.8, 4) is 0 Å². The fraction of sp³-hybridized carbons (Fsp3) is 0.381. The molecule has 0 spiro atoms. The Hall–Kier alpha value is -2.34. The molecule has 0 atom stereocenters. The van der Waals surface area contributed by atoms with Gasteiger partial charge in [0.15, 0.2) is 0 Å². The molecule has 1 aliphatic rings. The van der Waals surface area contributed by atoms with Crippen molar-refractivity contribution in [3.05, 3.63) is 59.2 Å². The van der Waals surface area contributed by atoms with E-state index in [0.29, 0.717) is 16.8 Å². The molecule has 0 saturated carbocycles. The van der Waals surface area contributed by atoms with Crippen molar-refractivity contribution in [1.82, 2.24) is 4.90 Å². The van der Waals surface area contributed by atoms with Crippen LogP contribution < -0.4 is 4.72 Å². The summed E-state index contributed by atoms with van der Waals surface area (Å²) in [4.78, 5) is 15.0. The molecule has 1 saturated heterocycles. The predicted octanol–water partition coefficient (Wildman–Crippen LogP) is 4.12. The monoisotopic (exact) mass is 386 g/mol. The number of carbonyl (C=O) groups excluding carboxylic acids is 1. The lowest BCUT2D eigenvalue weighted by Crippen LogP contribution is -2.32. The Morgan fingerprint density at radius 3 is 2.19 bits per heavy atom. The standard InChI is InChI=1S/C21H26N2O3S/c1-16-10-12-18(13-11-16)27(25,26)22-20-9-7-8-19(17(20)2)21(24)23-14-5-3-4-6-15-23/h7-13,22H,3-6,14-15H2,1-2H3. The van der Waals surface area contributed by atoms with E-state index in [4.69, 9.17) is 0 Å². The summed E-state index contributed by atoms with van der Waals surface area (Å²) < 4.78 is 28.0. The van der Waals surface area contributed by atoms with Crippen LogP contribution in [0.25, 0.3) is 0 Å². The van der Waals surface area contributed by atoms with Gasteiger partial charge in [-0.15, -0.1) is 0 Å². The van der Waals surface area contributed by atoms with Gasteiger partial charge in [-0.05, 0) is 56.5 Å². The van der Waals surface area contributed by atoms with Crippen molar-refractivity contribution in [1.29, 1.82) is 0 Å². The third kappa shape index (κ3) is 4.50. The normalized spacial score (nSPS) is 15.3. The number of rotatable bonds is 4. The second-order valence-electron chi connectivity index (χ2n) is 7.10. The van der Waals surface area contributed by atoms with E-state index in [0.717, 1.165) is 44.3 Å². The zero-order chi connectivity index (χ0) is 19.4. The van der Waals surface area contributed by atoms with E-state index in [9.17, 15) is 13.2 Å². The van der Waals surface area contributed by atoms with Crippen LogP contribution in [-0.2, 0) is 10.0 Å². The van der Waals surface area contributed by atoms with Crippen LogP contribution in [0.15, 0.2) is 47.4 Å². The van der Waals surface area contributed by atoms with Gasteiger partial charge < -0.3 is 4.90 Å². The lowest BCUT2D eigenvalue weighted by Gasteiger charge is -2.22. The van der Waals surface area contributed by atoms with E-state index in [1.807, 2.05) is 11.8 Å². The molecule has 3 rings (SSSR count). The maximum Gasteiger partial charge on any atom is 0.261 e. The topological polar surface area (TPSA) is 66.5 Å². The van der Waals surface area contributed by atoms with Crippen LogP contribution in [0.3, 0.4) is 0 Å². The largest absolute Gasteiger partial charge is 0.339 e. The molecule has 0 bridgehead atoms. The van der Waals surface area contributed by atoms with E-state index in [1.54, 1.807) is 49.4 Å². The fourth-order valence-corrected chi connectivity index (χ4v) is 4.47. The summed E-state index contributed by atoms with van der Waals surface area (Å²) in [6.07, 6.45) is 4.34. The smallest absolute Gasteiger partial charge is 0.261 e. The van der Waals surface area contributed by atoms with E-state index in [1.165, 1.54) is 0 Å². The molecule has 1 amide bonds. The first kappa shape index (κ1) is 19.4. The second-order valence-corrected chi connectivity index (χ2v) is 8.79. The van der Waals surface area contributed by atoms with E-state index < -0.39 is 10.0 Å². The van der Waals surface area contributed by atoms with Crippen molar-refractivity contribution in [2.24, 2.45) is 0 Å². The first-order valence-corrected chi connectivity index (χ1v) is 10.9. The molecule has 144 valence electrons. The van der Waals surface area contributed by atoms with Crippen LogP contribution in [0.5, 0.6) is 0 Å². The fourth-order valence-electron chi connectivity index (χ4n) is 3.34. The van der Waals surface area contributed by atoms with Gasteiger partial charge in [0, 0.05) is 18.7 Å². The summed E-state index contributed by atoms with van der Waals surface area (Å²) in [5.41, 5.74) is 2.65. The average Bonchev–Trinajstić information content (AvgIpc) is 2.92. The summed E-state index contributed by atoms with van der Waals surface area (Å²) in [5.74, 6) is -0.0224. The van der Waals surface area contributed by atoms with Crippen LogP contribution in [0.1, 0.15) is 47.2 Å². The quantitative estimate of drug-likeness (QED) is 0.859. The number of carbonyl (C=O) groups is 1. The highest BCUT2D eigenvalue weighted by Gasteiger charge is 2.22. The van der Waals surface area contributed by atoms with Gasteiger partial charge in [0.1, 0.15) is 0 Å². The van der Waals surface area contributed by atoms with E-state index in [-0.39, 0.29) is 10.8 Å². The van der Waals surface area contributed by atoms with Gasteiger partial charge >= 0.3 is 0 Å². The maximum atomic E-state index is 12.9. The summed E-state index contributed by atoms with van der Waals surface area (Å²) in [6.45, 7) is 5.22. The van der Waals surface area contributed by atoms with E-state index in [2.05, 4.69) is 4.72 Å². The number of likely N-dealkylation sites (tertiary alicyclic amines) is 1. The third-order valence-corrected chi connectivity index (χ3v) is 6.41. The highest BCUT2D eigenvalue weighted by atomic mass is 32.2. The van der Waals surface area contributed by atoms with Gasteiger partial charge in [-0.1, -0.05) is 36.6 Å². The number of hydrogen-bond donors (Lipinski definition) is 1. The zero-order valence-electron chi connectivity index (χ0n) is 15.9. The number of sulfonamides is 1. The average molecular weight is 387 g/mol. The Morgan fingerprint density at radius 1 is 0.926 bits per heavy atom. The van der Waals surface area contributed by atoms with Gasteiger partial charge in [0.05, 0.1) is 10.6 Å². The molecule has 0 aromatic heterocycles. The summed E-state index contributed by atoms with van der Waals surface area (Å²) in [7, 11) is -3.70. The van der Waals surface area contributed by atoms with Crippen molar-refractivity contribution in [2.45, 2.75) is 44.4 Å². The number of anilines is 1. The van der Waals surface area contributed by atoms with Crippen LogP contribution in [-0.4, -0.2) is 32.3 Å². The third-order valence-electron chi connectivity index (χ3n) is 5.03. The number of benzene rings is 2. The molecule has 2 aromatic rings. The Balaban J connectivity index is 1.86. The van der Waals surface area contributed by atoms with Gasteiger partial charge in [-0.3, -0.25) is 9.52 Å². The molecule has 0 aliphatic carbocycles. The first-order chi connectivity index (χ1) is 12.9. The highest BCUT2D eigenvalue weighted by molar-refractivity contribution is 7.92. The minimum Gasteiger partial charge on any atom is -0.339 e. The predicted molar refractivity (Wildman–Crippen MR) is 108 cm³/mol. The number of aryl methyl sites for hydroxylation is 1. The molecule has 0 radical (unpaired) electrons. The van der Waals surface area contributed by atoms with Gasteiger partial charge in [-0.2, -0.15) is 0 Å². The van der Waals surface area contributed by atoms with Crippen LogP contribution in [0.4, 0.5) is 5.69 Å². The molecule has 6 heteroatoms. The molecular weight excluding hydrogens is 360 g/mol. The maximum absolute atomic E-state index is 12.9. The molecule has 1 N–H and O–H groups in total. The van der Waals surface area contributed by atoms with Gasteiger partial charge in [0.2, 0.25) is 0 Å². The molecule has 0 unspecified atom stereocenters. The molecule has 1 fully saturated rings. The van der Waals surface area contributed by atoms with Crippen LogP contribution in [0.2, 0.25) is 0 Å². The van der Waals surface area contributed by atoms with Crippen molar-refractivity contribution in [2.75, 3.05) is 17.8 Å².